The van der Waals surface area contributed by atoms with E-state index in [0.717, 1.165) is 12.8 Å². The highest BCUT2D eigenvalue weighted by atomic mass is 16.2. The maximum Gasteiger partial charge on any atom is 0.329 e. The third-order valence-corrected chi connectivity index (χ3v) is 2.49. The second-order valence-corrected chi connectivity index (χ2v) is 3.64. The van der Waals surface area contributed by atoms with E-state index in [1.54, 1.807) is 18.3 Å². The molecule has 16 heavy (non-hydrogen) atoms. The van der Waals surface area contributed by atoms with Gasteiger partial charge in [-0.25, -0.2) is 9.78 Å². The Balaban J connectivity index is 2.66. The van der Waals surface area contributed by atoms with Crippen LogP contribution in [0.3, 0.4) is 0 Å². The molecule has 2 heterocycles. The van der Waals surface area contributed by atoms with E-state index in [0.29, 0.717) is 17.6 Å². The van der Waals surface area contributed by atoms with E-state index < -0.39 is 0 Å². The van der Waals surface area contributed by atoms with Crippen molar-refractivity contribution in [3.8, 4) is 0 Å². The normalized spacial score (nSPS) is 10.8. The van der Waals surface area contributed by atoms with Crippen LogP contribution in [0.5, 0.6) is 0 Å². The average Bonchev–Trinajstić information content (AvgIpc) is 2.29. The van der Waals surface area contributed by atoms with Crippen molar-refractivity contribution in [2.24, 2.45) is 0 Å². The highest BCUT2D eigenvalue weighted by Gasteiger charge is 2.06. The lowest BCUT2D eigenvalue weighted by atomic mass is 10.3. The number of hydrogen-bond acceptors (Lipinski definition) is 3. The number of fused-ring (bicyclic) bond motifs is 1. The van der Waals surface area contributed by atoms with Crippen LogP contribution >= 0.6 is 0 Å². The minimum absolute atomic E-state index is 0.264. The zero-order chi connectivity index (χ0) is 11.5. The fourth-order valence-electron chi connectivity index (χ4n) is 1.60. The predicted molar refractivity (Wildman–Crippen MR) is 61.5 cm³/mol. The summed E-state index contributed by atoms with van der Waals surface area (Å²) in [5, 5.41) is 0.457. The van der Waals surface area contributed by atoms with Crippen LogP contribution in [0, 0.1) is 0 Å². The summed E-state index contributed by atoms with van der Waals surface area (Å²) in [6.45, 7) is 2.47. The van der Waals surface area contributed by atoms with Gasteiger partial charge in [0.05, 0.1) is 5.39 Å². The highest BCUT2D eigenvalue weighted by Crippen LogP contribution is 1.99. The summed E-state index contributed by atoms with van der Waals surface area (Å²) < 4.78 is 1.23. The van der Waals surface area contributed by atoms with E-state index in [1.807, 2.05) is 6.92 Å². The van der Waals surface area contributed by atoms with Crippen molar-refractivity contribution in [2.45, 2.75) is 26.3 Å². The largest absolute Gasteiger partial charge is 0.329 e. The number of rotatable bonds is 3. The van der Waals surface area contributed by atoms with Gasteiger partial charge in [-0.05, 0) is 18.6 Å². The number of pyridine rings is 1. The van der Waals surface area contributed by atoms with E-state index in [2.05, 4.69) is 9.97 Å². The first-order valence-corrected chi connectivity index (χ1v) is 5.32. The first-order chi connectivity index (χ1) is 7.74. The average molecular weight is 219 g/mol. The summed E-state index contributed by atoms with van der Waals surface area (Å²) in [6, 6.07) is 3.36. The molecule has 1 N–H and O–H groups in total. The fraction of sp³-hybridized carbons (Fsp3) is 0.364. The molecule has 0 fully saturated rings. The van der Waals surface area contributed by atoms with Gasteiger partial charge in [-0.3, -0.25) is 14.3 Å². The Labute approximate surface area is 91.8 Å². The van der Waals surface area contributed by atoms with Crippen molar-refractivity contribution in [2.75, 3.05) is 0 Å². The monoisotopic (exact) mass is 219 g/mol. The molecule has 5 heteroatoms. The molecule has 0 spiro atoms. The van der Waals surface area contributed by atoms with Gasteiger partial charge in [0.15, 0.2) is 0 Å². The Morgan fingerprint density at radius 2 is 2.25 bits per heavy atom. The number of unbranched alkanes of at least 4 members (excludes halogenated alkanes) is 1. The van der Waals surface area contributed by atoms with Crippen LogP contribution in [-0.2, 0) is 6.54 Å². The van der Waals surface area contributed by atoms with Gasteiger partial charge in [0.1, 0.15) is 5.65 Å². The van der Waals surface area contributed by atoms with E-state index in [1.165, 1.54) is 4.57 Å². The second kappa shape index (κ2) is 4.30. The van der Waals surface area contributed by atoms with Crippen molar-refractivity contribution < 1.29 is 0 Å². The summed E-state index contributed by atoms with van der Waals surface area (Å²) in [5.74, 6) is 0. The molecule has 0 saturated carbocycles. The van der Waals surface area contributed by atoms with E-state index in [9.17, 15) is 9.59 Å². The Bertz CT molecular complexity index is 612. The molecule has 0 radical (unpaired) electrons. The molecule has 84 valence electrons. The topological polar surface area (TPSA) is 67.8 Å². The zero-order valence-corrected chi connectivity index (χ0v) is 9.06. The molecule has 0 aliphatic carbocycles. The summed E-state index contributed by atoms with van der Waals surface area (Å²) in [6.07, 6.45) is 3.31. The van der Waals surface area contributed by atoms with Gasteiger partial charge in [0.2, 0.25) is 0 Å². The molecule has 0 aliphatic rings. The van der Waals surface area contributed by atoms with E-state index >= 15 is 0 Å². The lowest BCUT2D eigenvalue weighted by molar-refractivity contribution is 0.588. The Morgan fingerprint density at radius 1 is 1.44 bits per heavy atom. The maximum atomic E-state index is 12.0. The lowest BCUT2D eigenvalue weighted by Crippen LogP contribution is -2.35. The van der Waals surface area contributed by atoms with Crippen molar-refractivity contribution in [1.82, 2.24) is 14.5 Å². The minimum atomic E-state index is -0.385. The zero-order valence-electron chi connectivity index (χ0n) is 9.06. The van der Waals surface area contributed by atoms with Gasteiger partial charge < -0.3 is 0 Å². The van der Waals surface area contributed by atoms with Crippen molar-refractivity contribution >= 4 is 11.0 Å². The fourth-order valence-corrected chi connectivity index (χ4v) is 1.60. The Morgan fingerprint density at radius 3 is 3.00 bits per heavy atom. The predicted octanol–water partition coefficient (Wildman–Crippen LogP) is 0.885. The summed E-state index contributed by atoms with van der Waals surface area (Å²) in [4.78, 5) is 30.1. The first-order valence-electron chi connectivity index (χ1n) is 5.32. The van der Waals surface area contributed by atoms with Gasteiger partial charge in [-0.15, -0.1) is 0 Å². The van der Waals surface area contributed by atoms with Gasteiger partial charge >= 0.3 is 5.69 Å². The van der Waals surface area contributed by atoms with Crippen LogP contribution in [0.2, 0.25) is 0 Å². The van der Waals surface area contributed by atoms with Gasteiger partial charge in [-0.1, -0.05) is 13.3 Å². The van der Waals surface area contributed by atoms with Crippen LogP contribution < -0.4 is 11.2 Å². The SMILES string of the molecule is CCCCn1c(=O)[nH]c2ncccc2c1=O. The summed E-state index contributed by atoms with van der Waals surface area (Å²) >= 11 is 0. The van der Waals surface area contributed by atoms with Crippen LogP contribution in [0.25, 0.3) is 11.0 Å². The number of nitrogens with zero attached hydrogens (tertiary/aromatic N) is 2. The maximum absolute atomic E-state index is 12.0. The minimum Gasteiger partial charge on any atom is -0.291 e. The quantitative estimate of drug-likeness (QED) is 0.833. The van der Waals surface area contributed by atoms with Crippen LogP contribution in [0.4, 0.5) is 0 Å². The molecular formula is C11H13N3O2. The molecule has 0 aliphatic heterocycles. The summed E-state index contributed by atoms with van der Waals surface area (Å²) in [5.41, 5.74) is -0.296. The molecule has 0 amide bonds. The van der Waals surface area contributed by atoms with Gasteiger partial charge in [0, 0.05) is 12.7 Å². The molecule has 0 unspecified atom stereocenters. The van der Waals surface area contributed by atoms with Crippen molar-refractivity contribution in [3.05, 3.63) is 39.2 Å². The van der Waals surface area contributed by atoms with Crippen LogP contribution in [0.1, 0.15) is 19.8 Å². The van der Waals surface area contributed by atoms with E-state index in [4.69, 9.17) is 0 Å². The van der Waals surface area contributed by atoms with Crippen molar-refractivity contribution in [3.63, 3.8) is 0 Å². The number of aromatic amines is 1. The molecular weight excluding hydrogens is 206 g/mol. The van der Waals surface area contributed by atoms with Crippen molar-refractivity contribution in [1.29, 1.82) is 0 Å². The standard InChI is InChI=1S/C11H13N3O2/c1-2-3-7-14-10(15)8-5-4-6-12-9(8)13-11(14)16/h4-6H,2-3,7H2,1H3,(H,12,13,16). The molecule has 2 rings (SSSR count). The molecule has 5 nitrogen and oxygen atoms in total. The number of aromatic nitrogens is 3. The Hall–Kier alpha value is -1.91. The summed E-state index contributed by atoms with van der Waals surface area (Å²) in [7, 11) is 0. The second-order valence-electron chi connectivity index (χ2n) is 3.64. The molecule has 0 aromatic carbocycles. The smallest absolute Gasteiger partial charge is 0.291 e. The van der Waals surface area contributed by atoms with Crippen LogP contribution in [-0.4, -0.2) is 14.5 Å². The van der Waals surface area contributed by atoms with Gasteiger partial charge in [-0.2, -0.15) is 0 Å². The molecule has 2 aromatic heterocycles. The Kier molecular flexibility index (Phi) is 2.85. The third kappa shape index (κ3) is 1.76. The molecule has 0 bridgehead atoms. The van der Waals surface area contributed by atoms with Gasteiger partial charge in [0.25, 0.3) is 5.56 Å². The first kappa shape index (κ1) is 10.6. The van der Waals surface area contributed by atoms with E-state index in [-0.39, 0.29) is 11.2 Å². The highest BCUT2D eigenvalue weighted by molar-refractivity contribution is 5.72. The number of nitrogens with one attached hydrogen (secondary N) is 1. The number of H-pyrrole nitrogens is 1. The molecule has 2 aromatic rings. The third-order valence-electron chi connectivity index (χ3n) is 2.49. The molecule has 0 atom stereocenters. The molecule has 0 saturated heterocycles. The van der Waals surface area contributed by atoms with Crippen LogP contribution in [0.15, 0.2) is 27.9 Å². The number of hydrogen-bond donors (Lipinski definition) is 1. The lowest BCUT2D eigenvalue weighted by Gasteiger charge is -2.04.